The summed E-state index contributed by atoms with van der Waals surface area (Å²) in [6.45, 7) is 4.35. The average Bonchev–Trinajstić information content (AvgIpc) is 2.67. The molecule has 0 saturated carbocycles. The van der Waals surface area contributed by atoms with Crippen molar-refractivity contribution in [1.29, 1.82) is 0 Å². The van der Waals surface area contributed by atoms with E-state index in [1.54, 1.807) is 42.5 Å². The number of para-hydroxylation sites is 1. The number of hydrogen-bond acceptors (Lipinski definition) is 5. The summed E-state index contributed by atoms with van der Waals surface area (Å²) in [5.74, 6) is 0.295. The van der Waals surface area contributed by atoms with Gasteiger partial charge in [0, 0.05) is 0 Å². The normalized spacial score (nSPS) is 12.1. The molecular formula is C20H21N3O3S. The predicted octanol–water partition coefficient (Wildman–Crippen LogP) is 3.14. The highest BCUT2D eigenvalue weighted by Gasteiger charge is 2.20. The highest BCUT2D eigenvalue weighted by atomic mass is 32.2. The number of aromatic nitrogens is 2. The molecule has 0 aliphatic carbocycles. The third-order valence-corrected chi connectivity index (χ3v) is 5.42. The number of nitrogens with zero attached hydrogens (tertiary/aromatic N) is 2. The van der Waals surface area contributed by atoms with Gasteiger partial charge in [-0.3, -0.25) is 14.2 Å². The number of fused-ring (bicyclic) bond motifs is 1. The largest absolute Gasteiger partial charge is 0.494 e. The number of carbonyl (C=O) groups excluding carboxylic acids is 1. The molecule has 1 unspecified atom stereocenters. The lowest BCUT2D eigenvalue weighted by atomic mass is 10.2. The van der Waals surface area contributed by atoms with Crippen LogP contribution in [0.2, 0.25) is 0 Å². The first-order chi connectivity index (χ1) is 13.0. The summed E-state index contributed by atoms with van der Waals surface area (Å²) >= 11 is 1.21. The number of primary amides is 1. The number of thioether (sulfide) groups is 1. The summed E-state index contributed by atoms with van der Waals surface area (Å²) < 4.78 is 6.99. The zero-order chi connectivity index (χ0) is 19.4. The Bertz CT molecular complexity index is 1020. The van der Waals surface area contributed by atoms with Crippen molar-refractivity contribution in [3.63, 3.8) is 0 Å². The molecule has 0 fully saturated rings. The molecule has 2 aromatic carbocycles. The van der Waals surface area contributed by atoms with E-state index in [4.69, 9.17) is 10.5 Å². The molecule has 27 heavy (non-hydrogen) atoms. The Morgan fingerprint density at radius 3 is 2.52 bits per heavy atom. The number of hydrogen-bond donors (Lipinski definition) is 1. The lowest BCUT2D eigenvalue weighted by Gasteiger charge is -2.16. The summed E-state index contributed by atoms with van der Waals surface area (Å²) in [6.07, 6.45) is 0.548. The van der Waals surface area contributed by atoms with Gasteiger partial charge in [0.15, 0.2) is 5.16 Å². The molecule has 3 rings (SSSR count). The monoisotopic (exact) mass is 383 g/mol. The number of nitrogens with two attached hydrogens (primary N) is 1. The first-order valence-electron chi connectivity index (χ1n) is 8.76. The van der Waals surface area contributed by atoms with Gasteiger partial charge in [-0.25, -0.2) is 4.98 Å². The van der Waals surface area contributed by atoms with E-state index in [0.29, 0.717) is 34.8 Å². The first kappa shape index (κ1) is 19.0. The van der Waals surface area contributed by atoms with Crippen LogP contribution in [0.15, 0.2) is 58.5 Å². The molecule has 1 amide bonds. The number of carbonyl (C=O) groups is 1. The van der Waals surface area contributed by atoms with Gasteiger partial charge in [-0.1, -0.05) is 30.8 Å². The molecule has 1 atom stereocenters. The van der Waals surface area contributed by atoms with Crippen LogP contribution in [0, 0.1) is 0 Å². The smallest absolute Gasteiger partial charge is 0.266 e. The van der Waals surface area contributed by atoms with Crippen LogP contribution in [0.5, 0.6) is 5.75 Å². The Labute approximate surface area is 161 Å². The third kappa shape index (κ3) is 3.98. The maximum atomic E-state index is 13.2. The molecule has 140 valence electrons. The Kier molecular flexibility index (Phi) is 5.81. The molecule has 0 saturated heterocycles. The van der Waals surface area contributed by atoms with Gasteiger partial charge in [0.2, 0.25) is 5.91 Å². The van der Waals surface area contributed by atoms with E-state index in [0.717, 1.165) is 5.75 Å². The summed E-state index contributed by atoms with van der Waals surface area (Å²) in [7, 11) is 0. The van der Waals surface area contributed by atoms with Gasteiger partial charge in [0.05, 0.1) is 28.4 Å². The Morgan fingerprint density at radius 2 is 1.89 bits per heavy atom. The highest BCUT2D eigenvalue weighted by molar-refractivity contribution is 8.00. The van der Waals surface area contributed by atoms with E-state index >= 15 is 0 Å². The topological polar surface area (TPSA) is 87.2 Å². The van der Waals surface area contributed by atoms with E-state index in [-0.39, 0.29) is 5.56 Å². The molecular weight excluding hydrogens is 362 g/mol. The summed E-state index contributed by atoms with van der Waals surface area (Å²) in [5, 5.41) is 0.489. The maximum absolute atomic E-state index is 13.2. The van der Waals surface area contributed by atoms with Crippen LogP contribution in [0.1, 0.15) is 20.3 Å². The number of rotatable bonds is 7. The SMILES string of the molecule is CCOc1ccc(-n2c(SC(CC)C(N)=O)nc3ccccc3c2=O)cc1. The fraction of sp³-hybridized carbons (Fsp3) is 0.250. The number of amides is 1. The van der Waals surface area contributed by atoms with Gasteiger partial charge in [-0.2, -0.15) is 0 Å². The second-order valence-corrected chi connectivity index (χ2v) is 7.07. The van der Waals surface area contributed by atoms with Crippen molar-refractivity contribution in [2.75, 3.05) is 6.61 Å². The van der Waals surface area contributed by atoms with Crippen LogP contribution in [0.3, 0.4) is 0 Å². The maximum Gasteiger partial charge on any atom is 0.266 e. The molecule has 0 radical (unpaired) electrons. The summed E-state index contributed by atoms with van der Waals surface area (Å²) in [6, 6.07) is 14.4. The van der Waals surface area contributed by atoms with E-state index in [2.05, 4.69) is 4.98 Å². The van der Waals surface area contributed by atoms with E-state index in [9.17, 15) is 9.59 Å². The Hall–Kier alpha value is -2.80. The minimum atomic E-state index is -0.466. The molecule has 1 aromatic heterocycles. The molecule has 2 N–H and O–H groups in total. The van der Waals surface area contributed by atoms with Crippen molar-refractivity contribution >= 4 is 28.6 Å². The standard InChI is InChI=1S/C20H21N3O3S/c1-3-17(18(21)24)27-20-22-16-8-6-5-7-15(16)19(25)23(20)13-9-11-14(12-10-13)26-4-2/h5-12,17H,3-4H2,1-2H3,(H2,21,24). The zero-order valence-corrected chi connectivity index (χ0v) is 16.0. The quantitative estimate of drug-likeness (QED) is 0.500. The first-order valence-corrected chi connectivity index (χ1v) is 9.64. The van der Waals surface area contributed by atoms with Crippen LogP contribution in [0.4, 0.5) is 0 Å². The Morgan fingerprint density at radius 1 is 1.19 bits per heavy atom. The van der Waals surface area contributed by atoms with Gasteiger partial charge in [-0.15, -0.1) is 0 Å². The van der Waals surface area contributed by atoms with Gasteiger partial charge >= 0.3 is 0 Å². The number of benzene rings is 2. The van der Waals surface area contributed by atoms with Crippen molar-refractivity contribution in [1.82, 2.24) is 9.55 Å². The van der Waals surface area contributed by atoms with Crippen LogP contribution < -0.4 is 16.0 Å². The summed E-state index contributed by atoms with van der Waals surface area (Å²) in [5.41, 5.74) is 6.55. The lowest BCUT2D eigenvalue weighted by Crippen LogP contribution is -2.28. The van der Waals surface area contributed by atoms with E-state index in [1.807, 2.05) is 19.9 Å². The molecule has 0 spiro atoms. The third-order valence-electron chi connectivity index (χ3n) is 4.09. The summed E-state index contributed by atoms with van der Waals surface area (Å²) in [4.78, 5) is 29.5. The van der Waals surface area contributed by atoms with Crippen molar-refractivity contribution in [3.8, 4) is 11.4 Å². The van der Waals surface area contributed by atoms with Gasteiger partial charge in [0.1, 0.15) is 5.75 Å². The van der Waals surface area contributed by atoms with Crippen LogP contribution in [-0.4, -0.2) is 27.3 Å². The average molecular weight is 383 g/mol. The number of ether oxygens (including phenoxy) is 1. The van der Waals surface area contributed by atoms with E-state index < -0.39 is 11.2 Å². The second kappa shape index (κ2) is 8.26. The van der Waals surface area contributed by atoms with Crippen LogP contribution in [0.25, 0.3) is 16.6 Å². The van der Waals surface area contributed by atoms with Crippen molar-refractivity contribution < 1.29 is 9.53 Å². The van der Waals surface area contributed by atoms with Gasteiger partial charge in [-0.05, 0) is 49.7 Å². The molecule has 0 bridgehead atoms. The lowest BCUT2D eigenvalue weighted by molar-refractivity contribution is -0.117. The fourth-order valence-corrected chi connectivity index (χ4v) is 3.73. The Balaban J connectivity index is 2.18. The highest BCUT2D eigenvalue weighted by Crippen LogP contribution is 2.27. The van der Waals surface area contributed by atoms with Crippen LogP contribution in [-0.2, 0) is 4.79 Å². The molecule has 6 nitrogen and oxygen atoms in total. The second-order valence-electron chi connectivity index (χ2n) is 5.90. The molecule has 1 heterocycles. The van der Waals surface area contributed by atoms with Gasteiger partial charge in [0.25, 0.3) is 5.56 Å². The van der Waals surface area contributed by atoms with Crippen LogP contribution >= 0.6 is 11.8 Å². The zero-order valence-electron chi connectivity index (χ0n) is 15.2. The molecule has 0 aliphatic heterocycles. The predicted molar refractivity (Wildman–Crippen MR) is 108 cm³/mol. The molecule has 3 aromatic rings. The fourth-order valence-electron chi connectivity index (χ4n) is 2.75. The van der Waals surface area contributed by atoms with Gasteiger partial charge < -0.3 is 10.5 Å². The van der Waals surface area contributed by atoms with E-state index in [1.165, 1.54) is 16.3 Å². The van der Waals surface area contributed by atoms with Crippen molar-refractivity contribution in [3.05, 3.63) is 58.9 Å². The molecule has 0 aliphatic rings. The minimum absolute atomic E-state index is 0.188. The molecule has 7 heteroatoms. The van der Waals surface area contributed by atoms with Crippen molar-refractivity contribution in [2.24, 2.45) is 5.73 Å². The van der Waals surface area contributed by atoms with Crippen molar-refractivity contribution in [2.45, 2.75) is 30.7 Å². The minimum Gasteiger partial charge on any atom is -0.494 e.